The van der Waals surface area contributed by atoms with Gasteiger partial charge in [-0.2, -0.15) is 5.10 Å². The molecular weight excluding hydrogens is 374 g/mol. The third-order valence-corrected chi connectivity index (χ3v) is 4.03. The van der Waals surface area contributed by atoms with Gasteiger partial charge in [-0.05, 0) is 39.3 Å². The molecule has 0 saturated heterocycles. The number of nitrogens with one attached hydrogen (secondary N) is 2. The second kappa shape index (κ2) is 8.87. The summed E-state index contributed by atoms with van der Waals surface area (Å²) in [7, 11) is 1.71. The van der Waals surface area contributed by atoms with E-state index in [2.05, 4.69) is 15.8 Å². The van der Waals surface area contributed by atoms with Crippen LogP contribution in [-0.4, -0.2) is 33.2 Å². The zero-order valence-corrected chi connectivity index (χ0v) is 17.3. The molecule has 0 unspecified atom stereocenters. The van der Waals surface area contributed by atoms with Gasteiger partial charge < -0.3 is 10.1 Å². The summed E-state index contributed by atoms with van der Waals surface area (Å²) >= 11 is 0. The number of hydrazine groups is 1. The number of benzene rings is 1. The molecule has 0 fully saturated rings. The third kappa shape index (κ3) is 5.89. The summed E-state index contributed by atoms with van der Waals surface area (Å²) in [5.41, 5.74) is 3.76. The molecule has 29 heavy (non-hydrogen) atoms. The van der Waals surface area contributed by atoms with Gasteiger partial charge in [0, 0.05) is 25.4 Å². The van der Waals surface area contributed by atoms with Crippen molar-refractivity contribution in [2.75, 3.05) is 0 Å². The zero-order valence-electron chi connectivity index (χ0n) is 17.3. The highest BCUT2D eigenvalue weighted by Gasteiger charge is 2.27. The van der Waals surface area contributed by atoms with Gasteiger partial charge in [-0.3, -0.25) is 24.5 Å². The fourth-order valence-electron chi connectivity index (χ4n) is 2.61. The standard InChI is InChI=1S/C20H27N5O4/c1-12(19(28)29-20(2,3)4)17(26)22-10-13-7-6-8-14(9-13)16-15(18(27)23-21)11-25(5)24-16/h6-9,11-12H,10,21H2,1-5H3,(H,22,26)(H,23,27)/t12-/m0/s1. The van der Waals surface area contributed by atoms with Gasteiger partial charge in [-0.25, -0.2) is 5.84 Å². The molecule has 0 aliphatic heterocycles. The topological polar surface area (TPSA) is 128 Å². The predicted molar refractivity (Wildman–Crippen MR) is 107 cm³/mol. The summed E-state index contributed by atoms with van der Waals surface area (Å²) < 4.78 is 6.76. The van der Waals surface area contributed by atoms with Crippen molar-refractivity contribution in [1.29, 1.82) is 0 Å². The Morgan fingerprint density at radius 1 is 1.28 bits per heavy atom. The van der Waals surface area contributed by atoms with Crippen LogP contribution in [-0.2, 0) is 27.9 Å². The Balaban J connectivity index is 2.11. The van der Waals surface area contributed by atoms with Crippen molar-refractivity contribution in [3.05, 3.63) is 41.6 Å². The van der Waals surface area contributed by atoms with Gasteiger partial charge in [0.05, 0.1) is 5.56 Å². The first-order valence-electron chi connectivity index (χ1n) is 9.16. The van der Waals surface area contributed by atoms with E-state index in [0.29, 0.717) is 16.8 Å². The lowest BCUT2D eigenvalue weighted by atomic mass is 10.0. The third-order valence-electron chi connectivity index (χ3n) is 4.03. The number of nitrogens with zero attached hydrogens (tertiary/aromatic N) is 2. The maximum Gasteiger partial charge on any atom is 0.318 e. The van der Waals surface area contributed by atoms with Gasteiger partial charge in [0.2, 0.25) is 5.91 Å². The van der Waals surface area contributed by atoms with Gasteiger partial charge in [0.25, 0.3) is 5.91 Å². The number of hydrogen-bond donors (Lipinski definition) is 3. The summed E-state index contributed by atoms with van der Waals surface area (Å²) in [6.07, 6.45) is 1.58. The van der Waals surface area contributed by atoms with Crippen molar-refractivity contribution in [1.82, 2.24) is 20.5 Å². The Kier molecular flexibility index (Phi) is 6.76. The predicted octanol–water partition coefficient (Wildman–Crippen LogP) is 1.28. The van der Waals surface area contributed by atoms with Crippen LogP contribution >= 0.6 is 0 Å². The van der Waals surface area contributed by atoms with Gasteiger partial charge in [-0.15, -0.1) is 0 Å². The summed E-state index contributed by atoms with van der Waals surface area (Å²) in [5, 5.41) is 7.06. The van der Waals surface area contributed by atoms with Gasteiger partial charge in [-0.1, -0.05) is 18.2 Å². The Morgan fingerprint density at radius 2 is 1.97 bits per heavy atom. The van der Waals surface area contributed by atoms with Crippen molar-refractivity contribution >= 4 is 17.8 Å². The van der Waals surface area contributed by atoms with E-state index in [0.717, 1.165) is 5.56 Å². The lowest BCUT2D eigenvalue weighted by Crippen LogP contribution is -2.37. The smallest absolute Gasteiger partial charge is 0.318 e. The maximum atomic E-state index is 12.3. The minimum absolute atomic E-state index is 0.213. The number of rotatable bonds is 6. The van der Waals surface area contributed by atoms with E-state index < -0.39 is 29.3 Å². The number of ether oxygens (including phenoxy) is 1. The normalized spacial score (nSPS) is 12.2. The summed E-state index contributed by atoms with van der Waals surface area (Å²) in [4.78, 5) is 36.3. The van der Waals surface area contributed by atoms with E-state index in [9.17, 15) is 14.4 Å². The van der Waals surface area contributed by atoms with E-state index >= 15 is 0 Å². The molecule has 156 valence electrons. The lowest BCUT2D eigenvalue weighted by Gasteiger charge is -2.22. The molecule has 2 amide bonds. The molecule has 9 heteroatoms. The molecule has 1 heterocycles. The average molecular weight is 401 g/mol. The first kappa shape index (κ1) is 22.1. The first-order valence-corrected chi connectivity index (χ1v) is 9.16. The van der Waals surface area contributed by atoms with E-state index in [1.165, 1.54) is 11.6 Å². The number of esters is 1. The summed E-state index contributed by atoms with van der Waals surface area (Å²) in [6.45, 7) is 6.96. The molecule has 4 N–H and O–H groups in total. The Morgan fingerprint density at radius 3 is 2.59 bits per heavy atom. The van der Waals surface area contributed by atoms with Crippen LogP contribution in [0.1, 0.15) is 43.6 Å². The monoisotopic (exact) mass is 401 g/mol. The van der Waals surface area contributed by atoms with Gasteiger partial charge >= 0.3 is 5.97 Å². The lowest BCUT2D eigenvalue weighted by molar-refractivity contribution is -0.161. The quantitative estimate of drug-likeness (QED) is 0.220. The molecule has 0 bridgehead atoms. The molecule has 1 aromatic carbocycles. The van der Waals surface area contributed by atoms with Crippen molar-refractivity contribution in [2.45, 2.75) is 39.8 Å². The van der Waals surface area contributed by atoms with Crippen LogP contribution in [0.3, 0.4) is 0 Å². The molecule has 0 aliphatic carbocycles. The van der Waals surface area contributed by atoms with Crippen molar-refractivity contribution in [2.24, 2.45) is 18.8 Å². The highest BCUT2D eigenvalue weighted by Crippen LogP contribution is 2.23. The molecule has 2 aromatic rings. The van der Waals surface area contributed by atoms with Gasteiger partial charge in [0.15, 0.2) is 0 Å². The number of amides is 2. The Bertz CT molecular complexity index is 914. The largest absolute Gasteiger partial charge is 0.459 e. The number of carbonyl (C=O) groups excluding carboxylic acids is 3. The minimum atomic E-state index is -0.923. The number of carbonyl (C=O) groups is 3. The second-order valence-corrected chi connectivity index (χ2v) is 7.71. The van der Waals surface area contributed by atoms with E-state index in [1.54, 1.807) is 40.1 Å². The average Bonchev–Trinajstić information content (AvgIpc) is 3.05. The molecule has 1 atom stereocenters. The number of aromatic nitrogens is 2. The van der Waals surface area contributed by atoms with E-state index in [1.807, 2.05) is 18.2 Å². The fourth-order valence-corrected chi connectivity index (χ4v) is 2.61. The molecular formula is C20H27N5O4. The number of hydrogen-bond acceptors (Lipinski definition) is 6. The van der Waals surface area contributed by atoms with Crippen LogP contribution < -0.4 is 16.6 Å². The molecule has 9 nitrogen and oxygen atoms in total. The van der Waals surface area contributed by atoms with Crippen LogP contribution in [0.5, 0.6) is 0 Å². The van der Waals surface area contributed by atoms with Crippen LogP contribution in [0.25, 0.3) is 11.3 Å². The summed E-state index contributed by atoms with van der Waals surface area (Å²) in [6, 6.07) is 7.25. The number of nitrogens with two attached hydrogens (primary N) is 1. The van der Waals surface area contributed by atoms with Crippen molar-refractivity contribution in [3.63, 3.8) is 0 Å². The maximum absolute atomic E-state index is 12.3. The number of aryl methyl sites for hydroxylation is 1. The zero-order chi connectivity index (χ0) is 21.8. The molecule has 0 radical (unpaired) electrons. The number of nitrogen functional groups attached to an aromatic ring is 1. The van der Waals surface area contributed by atoms with Crippen LogP contribution in [0, 0.1) is 5.92 Å². The SMILES string of the molecule is C[C@@H](C(=O)NCc1cccc(-c2nn(C)cc2C(=O)NN)c1)C(=O)OC(C)(C)C. The Labute approximate surface area is 169 Å². The second-order valence-electron chi connectivity index (χ2n) is 7.71. The highest BCUT2D eigenvalue weighted by atomic mass is 16.6. The first-order chi connectivity index (χ1) is 13.5. The van der Waals surface area contributed by atoms with Crippen molar-refractivity contribution in [3.8, 4) is 11.3 Å². The van der Waals surface area contributed by atoms with Crippen LogP contribution in [0.15, 0.2) is 30.5 Å². The molecule has 2 rings (SSSR count). The highest BCUT2D eigenvalue weighted by molar-refractivity contribution is 5.99. The molecule has 0 spiro atoms. The fraction of sp³-hybridized carbons (Fsp3) is 0.400. The Hall–Kier alpha value is -3.20. The molecule has 1 aromatic heterocycles. The van der Waals surface area contributed by atoms with E-state index in [-0.39, 0.29) is 6.54 Å². The van der Waals surface area contributed by atoms with Crippen molar-refractivity contribution < 1.29 is 19.1 Å². The molecule has 0 aliphatic rings. The minimum Gasteiger partial charge on any atom is -0.459 e. The summed E-state index contributed by atoms with van der Waals surface area (Å²) in [5.74, 6) is 2.87. The molecule has 0 saturated carbocycles. The van der Waals surface area contributed by atoms with E-state index in [4.69, 9.17) is 10.6 Å². The van der Waals surface area contributed by atoms with Crippen LogP contribution in [0.2, 0.25) is 0 Å². The van der Waals surface area contributed by atoms with Gasteiger partial charge in [0.1, 0.15) is 17.2 Å². The van der Waals surface area contributed by atoms with Crippen LogP contribution in [0.4, 0.5) is 0 Å².